The van der Waals surface area contributed by atoms with Gasteiger partial charge in [0.1, 0.15) is 5.82 Å². The van der Waals surface area contributed by atoms with E-state index in [9.17, 15) is 9.50 Å². The van der Waals surface area contributed by atoms with Crippen LogP contribution in [0.2, 0.25) is 0 Å². The summed E-state index contributed by atoms with van der Waals surface area (Å²) >= 11 is 3.13. The topological polar surface area (TPSA) is 32.3 Å². The van der Waals surface area contributed by atoms with Crippen LogP contribution in [0.1, 0.15) is 32.8 Å². The van der Waals surface area contributed by atoms with Crippen molar-refractivity contribution in [1.29, 1.82) is 0 Å². The Bertz CT molecular complexity index is 380. The van der Waals surface area contributed by atoms with Crippen molar-refractivity contribution >= 4 is 15.9 Å². The maximum Gasteiger partial charge on any atom is 0.143 e. The molecule has 0 radical (unpaired) electrons. The molecule has 4 heteroatoms. The third-order valence-corrected chi connectivity index (χ3v) is 3.31. The molecule has 0 fully saturated rings. The number of aliphatic hydroxyl groups is 1. The summed E-state index contributed by atoms with van der Waals surface area (Å²) in [5.74, 6) is -0.387. The van der Waals surface area contributed by atoms with Crippen LogP contribution in [0.3, 0.4) is 0 Å². The van der Waals surface area contributed by atoms with Crippen molar-refractivity contribution in [3.63, 3.8) is 0 Å². The summed E-state index contributed by atoms with van der Waals surface area (Å²) in [4.78, 5) is 0. The Balaban J connectivity index is 2.78. The molecule has 2 nitrogen and oxygen atoms in total. The van der Waals surface area contributed by atoms with Gasteiger partial charge >= 0.3 is 0 Å². The standard InChI is InChI=1S/C13H19BrFNO/c1-9(2)16-8-7-13(3,17)10-5-4-6-11(14)12(10)15/h4-6,9,16-17H,7-8H2,1-3H3. The zero-order valence-electron chi connectivity index (χ0n) is 10.4. The van der Waals surface area contributed by atoms with E-state index in [0.29, 0.717) is 29.0 Å². The molecule has 0 heterocycles. The van der Waals surface area contributed by atoms with E-state index in [4.69, 9.17) is 0 Å². The molecule has 0 saturated carbocycles. The first-order valence-corrected chi connectivity index (χ1v) is 6.54. The van der Waals surface area contributed by atoms with Crippen LogP contribution in [0.4, 0.5) is 4.39 Å². The van der Waals surface area contributed by atoms with E-state index in [-0.39, 0.29) is 5.82 Å². The van der Waals surface area contributed by atoms with Crippen molar-refractivity contribution < 1.29 is 9.50 Å². The molecule has 1 rings (SSSR count). The number of hydrogen-bond acceptors (Lipinski definition) is 2. The van der Waals surface area contributed by atoms with Crippen LogP contribution in [0.5, 0.6) is 0 Å². The van der Waals surface area contributed by atoms with Crippen molar-refractivity contribution in [3.8, 4) is 0 Å². The number of halogens is 2. The lowest BCUT2D eigenvalue weighted by molar-refractivity contribution is 0.0437. The number of benzene rings is 1. The lowest BCUT2D eigenvalue weighted by Crippen LogP contribution is -2.31. The fourth-order valence-corrected chi connectivity index (χ4v) is 2.02. The van der Waals surface area contributed by atoms with Crippen LogP contribution in [0.25, 0.3) is 0 Å². The normalized spacial score (nSPS) is 15.0. The Morgan fingerprint density at radius 1 is 1.47 bits per heavy atom. The second-order valence-electron chi connectivity index (χ2n) is 4.73. The summed E-state index contributed by atoms with van der Waals surface area (Å²) in [5, 5.41) is 13.5. The Labute approximate surface area is 110 Å². The Hall–Kier alpha value is -0.450. The zero-order valence-corrected chi connectivity index (χ0v) is 12.0. The fraction of sp³-hybridized carbons (Fsp3) is 0.538. The molecule has 96 valence electrons. The molecule has 0 aliphatic rings. The minimum Gasteiger partial charge on any atom is -0.385 e. The van der Waals surface area contributed by atoms with Crippen molar-refractivity contribution in [3.05, 3.63) is 34.1 Å². The molecule has 0 bridgehead atoms. The van der Waals surface area contributed by atoms with Crippen LogP contribution in [0, 0.1) is 5.82 Å². The van der Waals surface area contributed by atoms with Gasteiger partial charge in [-0.25, -0.2) is 4.39 Å². The average Bonchev–Trinajstić information content (AvgIpc) is 2.21. The quantitative estimate of drug-likeness (QED) is 0.875. The first kappa shape index (κ1) is 14.6. The highest BCUT2D eigenvalue weighted by atomic mass is 79.9. The lowest BCUT2D eigenvalue weighted by atomic mass is 9.92. The molecule has 1 unspecified atom stereocenters. The minimum atomic E-state index is -1.16. The lowest BCUT2D eigenvalue weighted by Gasteiger charge is -2.25. The van der Waals surface area contributed by atoms with Gasteiger partial charge in [-0.3, -0.25) is 0 Å². The largest absolute Gasteiger partial charge is 0.385 e. The first-order valence-electron chi connectivity index (χ1n) is 5.75. The van der Waals surface area contributed by atoms with Gasteiger partial charge in [0.2, 0.25) is 0 Å². The van der Waals surface area contributed by atoms with Gasteiger partial charge in [0.25, 0.3) is 0 Å². The Morgan fingerprint density at radius 3 is 2.71 bits per heavy atom. The molecule has 0 aliphatic heterocycles. The summed E-state index contributed by atoms with van der Waals surface area (Å²) in [6.45, 7) is 6.36. The SMILES string of the molecule is CC(C)NCCC(C)(O)c1cccc(Br)c1F. The summed E-state index contributed by atoms with van der Waals surface area (Å²) < 4.78 is 14.2. The van der Waals surface area contributed by atoms with Gasteiger partial charge < -0.3 is 10.4 Å². The van der Waals surface area contributed by atoms with Gasteiger partial charge in [-0.2, -0.15) is 0 Å². The van der Waals surface area contributed by atoms with E-state index in [2.05, 4.69) is 21.2 Å². The number of rotatable bonds is 5. The van der Waals surface area contributed by atoms with Gasteiger partial charge in [0.05, 0.1) is 10.1 Å². The fourth-order valence-electron chi connectivity index (χ4n) is 1.66. The minimum absolute atomic E-state index is 0.331. The van der Waals surface area contributed by atoms with E-state index in [1.165, 1.54) is 0 Å². The highest BCUT2D eigenvalue weighted by molar-refractivity contribution is 9.10. The predicted octanol–water partition coefficient (Wildman–Crippen LogP) is 3.18. The highest BCUT2D eigenvalue weighted by Gasteiger charge is 2.26. The molecular weight excluding hydrogens is 285 g/mol. The van der Waals surface area contributed by atoms with Gasteiger partial charge in [0.15, 0.2) is 0 Å². The highest BCUT2D eigenvalue weighted by Crippen LogP contribution is 2.30. The van der Waals surface area contributed by atoms with Gasteiger partial charge in [0, 0.05) is 11.6 Å². The summed E-state index contributed by atoms with van der Waals surface area (Å²) in [6, 6.07) is 5.34. The van der Waals surface area contributed by atoms with Crippen molar-refractivity contribution in [1.82, 2.24) is 5.32 Å². The van der Waals surface area contributed by atoms with Gasteiger partial charge in [-0.15, -0.1) is 0 Å². The van der Waals surface area contributed by atoms with Crippen molar-refractivity contribution in [2.45, 2.75) is 38.8 Å². The summed E-state index contributed by atoms with van der Waals surface area (Å²) in [7, 11) is 0. The van der Waals surface area contributed by atoms with E-state index < -0.39 is 5.60 Å². The molecule has 0 aromatic heterocycles. The molecule has 1 atom stereocenters. The number of nitrogens with one attached hydrogen (secondary N) is 1. The molecule has 17 heavy (non-hydrogen) atoms. The molecular formula is C13H19BrFNO. The maximum atomic E-state index is 13.9. The third kappa shape index (κ3) is 4.05. The van der Waals surface area contributed by atoms with E-state index in [1.54, 1.807) is 25.1 Å². The van der Waals surface area contributed by atoms with E-state index in [0.717, 1.165) is 0 Å². The smallest absolute Gasteiger partial charge is 0.143 e. The molecule has 0 saturated heterocycles. The summed E-state index contributed by atoms with van der Waals surface area (Å²) in [6.07, 6.45) is 0.471. The third-order valence-electron chi connectivity index (χ3n) is 2.70. The van der Waals surface area contributed by atoms with Crippen molar-refractivity contribution in [2.24, 2.45) is 0 Å². The molecule has 0 spiro atoms. The molecule has 1 aromatic rings. The molecule has 2 N–H and O–H groups in total. The van der Waals surface area contributed by atoms with Gasteiger partial charge in [-0.1, -0.05) is 26.0 Å². The van der Waals surface area contributed by atoms with Crippen LogP contribution in [0.15, 0.2) is 22.7 Å². The molecule has 0 amide bonds. The number of hydrogen-bond donors (Lipinski definition) is 2. The van der Waals surface area contributed by atoms with Crippen molar-refractivity contribution in [2.75, 3.05) is 6.54 Å². The average molecular weight is 304 g/mol. The zero-order chi connectivity index (χ0) is 13.1. The molecule has 0 aliphatic carbocycles. The maximum absolute atomic E-state index is 13.9. The Morgan fingerprint density at radius 2 is 2.12 bits per heavy atom. The van der Waals surface area contributed by atoms with Crippen LogP contribution >= 0.6 is 15.9 Å². The van der Waals surface area contributed by atoms with E-state index >= 15 is 0 Å². The second kappa shape index (κ2) is 5.94. The van der Waals surface area contributed by atoms with Gasteiger partial charge in [-0.05, 0) is 41.9 Å². The Kier molecular flexibility index (Phi) is 5.10. The predicted molar refractivity (Wildman–Crippen MR) is 71.4 cm³/mol. The van der Waals surface area contributed by atoms with Crippen LogP contribution < -0.4 is 5.32 Å². The summed E-state index contributed by atoms with van der Waals surface area (Å²) in [5.41, 5.74) is -0.826. The second-order valence-corrected chi connectivity index (χ2v) is 5.59. The van der Waals surface area contributed by atoms with E-state index in [1.807, 2.05) is 13.8 Å². The van der Waals surface area contributed by atoms with Crippen LogP contribution in [-0.4, -0.2) is 17.7 Å². The monoisotopic (exact) mass is 303 g/mol. The first-order chi connectivity index (χ1) is 7.84. The van der Waals surface area contributed by atoms with Crippen LogP contribution in [-0.2, 0) is 5.60 Å². The molecule has 1 aromatic carbocycles.